The quantitative estimate of drug-likeness (QED) is 0.452. The predicted molar refractivity (Wildman–Crippen MR) is 99.6 cm³/mol. The van der Waals surface area contributed by atoms with Crippen LogP contribution in [0.5, 0.6) is 23.0 Å². The molecule has 0 amide bonds. The Bertz CT molecular complexity index is 942. The molecular formula is C21H20O6. The van der Waals surface area contributed by atoms with Crippen LogP contribution in [0.2, 0.25) is 0 Å². The summed E-state index contributed by atoms with van der Waals surface area (Å²) >= 11 is 0. The molecule has 0 aromatic heterocycles. The van der Waals surface area contributed by atoms with Crippen LogP contribution in [0.3, 0.4) is 0 Å². The van der Waals surface area contributed by atoms with Gasteiger partial charge >= 0.3 is 5.97 Å². The second-order valence-corrected chi connectivity index (χ2v) is 5.94. The van der Waals surface area contributed by atoms with E-state index in [9.17, 15) is 9.59 Å². The van der Waals surface area contributed by atoms with Crippen LogP contribution in [0.25, 0.3) is 6.08 Å². The largest absolute Gasteiger partial charge is 0.497 e. The summed E-state index contributed by atoms with van der Waals surface area (Å²) in [4.78, 5) is 24.3. The van der Waals surface area contributed by atoms with E-state index in [0.717, 1.165) is 0 Å². The summed E-state index contributed by atoms with van der Waals surface area (Å²) in [5.74, 6) is 1.59. The van der Waals surface area contributed by atoms with Crippen LogP contribution >= 0.6 is 0 Å². The van der Waals surface area contributed by atoms with Gasteiger partial charge < -0.3 is 18.9 Å². The van der Waals surface area contributed by atoms with Gasteiger partial charge in [-0.25, -0.2) is 0 Å². The average molecular weight is 368 g/mol. The molecule has 2 aromatic rings. The standard InChI is InChI=1S/C21H20O6/c1-5-19(22)26-16-9-8-15-20(23)18(27-21(15)12(16)2)10-13-6-7-14(24-3)11-17(13)25-4/h6-11H,5H2,1-4H3/b18-10-. The van der Waals surface area contributed by atoms with Gasteiger partial charge in [0, 0.05) is 23.6 Å². The third-order valence-electron chi connectivity index (χ3n) is 4.28. The molecular weight excluding hydrogens is 348 g/mol. The Hall–Kier alpha value is -3.28. The molecule has 0 bridgehead atoms. The molecule has 1 aliphatic heterocycles. The summed E-state index contributed by atoms with van der Waals surface area (Å²) in [6, 6.07) is 8.50. The molecule has 0 unspecified atom stereocenters. The van der Waals surface area contributed by atoms with Crippen LogP contribution in [0.15, 0.2) is 36.1 Å². The zero-order valence-electron chi connectivity index (χ0n) is 15.6. The molecule has 0 aliphatic carbocycles. The van der Waals surface area contributed by atoms with Gasteiger partial charge in [-0.05, 0) is 37.3 Å². The molecule has 140 valence electrons. The highest BCUT2D eigenvalue weighted by molar-refractivity contribution is 6.15. The highest BCUT2D eigenvalue weighted by atomic mass is 16.5. The van der Waals surface area contributed by atoms with Gasteiger partial charge in [-0.2, -0.15) is 0 Å². The van der Waals surface area contributed by atoms with Gasteiger partial charge in [0.25, 0.3) is 0 Å². The number of allylic oxidation sites excluding steroid dienone is 1. The summed E-state index contributed by atoms with van der Waals surface area (Å²) in [6.07, 6.45) is 1.89. The lowest BCUT2D eigenvalue weighted by atomic mass is 10.1. The smallest absolute Gasteiger partial charge is 0.310 e. The molecule has 0 saturated carbocycles. The van der Waals surface area contributed by atoms with Gasteiger partial charge in [-0.3, -0.25) is 9.59 Å². The zero-order valence-corrected chi connectivity index (χ0v) is 15.6. The molecule has 6 heteroatoms. The minimum atomic E-state index is -0.346. The predicted octanol–water partition coefficient (Wildman–Crippen LogP) is 3.94. The van der Waals surface area contributed by atoms with E-state index < -0.39 is 0 Å². The maximum Gasteiger partial charge on any atom is 0.310 e. The maximum absolute atomic E-state index is 12.7. The average Bonchev–Trinajstić information content (AvgIpc) is 3.00. The van der Waals surface area contributed by atoms with Gasteiger partial charge in [-0.15, -0.1) is 0 Å². The number of hydrogen-bond acceptors (Lipinski definition) is 6. The summed E-state index contributed by atoms with van der Waals surface area (Å²) in [5.41, 5.74) is 1.72. The Morgan fingerprint density at radius 1 is 1.11 bits per heavy atom. The Labute approximate surface area is 157 Å². The monoisotopic (exact) mass is 368 g/mol. The van der Waals surface area contributed by atoms with Crippen LogP contribution in [-0.4, -0.2) is 26.0 Å². The number of rotatable bonds is 5. The van der Waals surface area contributed by atoms with Crippen molar-refractivity contribution in [2.75, 3.05) is 14.2 Å². The molecule has 0 N–H and O–H groups in total. The number of benzene rings is 2. The van der Waals surface area contributed by atoms with Crippen molar-refractivity contribution in [3.05, 3.63) is 52.8 Å². The molecule has 2 aromatic carbocycles. The Morgan fingerprint density at radius 2 is 1.89 bits per heavy atom. The highest BCUT2D eigenvalue weighted by Gasteiger charge is 2.30. The van der Waals surface area contributed by atoms with Crippen molar-refractivity contribution in [2.45, 2.75) is 20.3 Å². The molecule has 0 atom stereocenters. The molecule has 1 heterocycles. The van der Waals surface area contributed by atoms with Crippen molar-refractivity contribution in [1.29, 1.82) is 0 Å². The third kappa shape index (κ3) is 3.51. The first kappa shape index (κ1) is 18.5. The Morgan fingerprint density at radius 3 is 2.56 bits per heavy atom. The molecule has 6 nitrogen and oxygen atoms in total. The van der Waals surface area contributed by atoms with Crippen molar-refractivity contribution in [3.63, 3.8) is 0 Å². The SMILES string of the molecule is CCC(=O)Oc1ccc2c(c1C)O/C(=C\c1ccc(OC)cc1OC)C2=O. The van der Waals surface area contributed by atoms with Crippen LogP contribution in [0.4, 0.5) is 0 Å². The lowest BCUT2D eigenvalue weighted by molar-refractivity contribution is -0.134. The number of fused-ring (bicyclic) bond motifs is 1. The van der Waals surface area contributed by atoms with E-state index in [1.807, 2.05) is 0 Å². The van der Waals surface area contributed by atoms with E-state index in [-0.39, 0.29) is 23.9 Å². The molecule has 1 aliphatic rings. The number of Topliss-reactive ketones (excluding diaryl/α,β-unsaturated/α-hetero) is 1. The molecule has 27 heavy (non-hydrogen) atoms. The number of methoxy groups -OCH3 is 2. The Balaban J connectivity index is 1.96. The first-order valence-electron chi connectivity index (χ1n) is 8.49. The minimum absolute atomic E-state index is 0.176. The summed E-state index contributed by atoms with van der Waals surface area (Å²) in [7, 11) is 3.11. The summed E-state index contributed by atoms with van der Waals surface area (Å²) < 4.78 is 21.6. The van der Waals surface area contributed by atoms with Crippen molar-refractivity contribution in [3.8, 4) is 23.0 Å². The second kappa shape index (κ2) is 7.53. The van der Waals surface area contributed by atoms with Gasteiger partial charge in [0.15, 0.2) is 5.76 Å². The number of ether oxygens (including phenoxy) is 4. The van der Waals surface area contributed by atoms with Crippen LogP contribution in [0.1, 0.15) is 34.8 Å². The fraction of sp³-hybridized carbons (Fsp3) is 0.238. The summed E-state index contributed by atoms with van der Waals surface area (Å²) in [6.45, 7) is 3.47. The first-order valence-corrected chi connectivity index (χ1v) is 8.49. The number of esters is 1. The lowest BCUT2D eigenvalue weighted by Crippen LogP contribution is -2.06. The topological polar surface area (TPSA) is 71.1 Å². The fourth-order valence-electron chi connectivity index (χ4n) is 2.75. The summed E-state index contributed by atoms with van der Waals surface area (Å²) in [5, 5.41) is 0. The van der Waals surface area contributed by atoms with E-state index in [1.165, 1.54) is 0 Å². The molecule has 0 saturated heterocycles. The van der Waals surface area contributed by atoms with Crippen molar-refractivity contribution in [2.24, 2.45) is 0 Å². The molecule has 0 spiro atoms. The van der Waals surface area contributed by atoms with Crippen molar-refractivity contribution < 1.29 is 28.5 Å². The van der Waals surface area contributed by atoms with Gasteiger partial charge in [0.1, 0.15) is 23.0 Å². The van der Waals surface area contributed by atoms with Crippen LogP contribution in [-0.2, 0) is 4.79 Å². The van der Waals surface area contributed by atoms with Crippen LogP contribution < -0.4 is 18.9 Å². The molecule has 0 fully saturated rings. The minimum Gasteiger partial charge on any atom is -0.497 e. The van der Waals surface area contributed by atoms with E-state index in [4.69, 9.17) is 18.9 Å². The van der Waals surface area contributed by atoms with Gasteiger partial charge in [-0.1, -0.05) is 6.92 Å². The van der Waals surface area contributed by atoms with E-state index in [0.29, 0.717) is 39.7 Å². The third-order valence-corrected chi connectivity index (χ3v) is 4.28. The lowest BCUT2D eigenvalue weighted by Gasteiger charge is -2.09. The number of carbonyl (C=O) groups is 2. The Kier molecular flexibility index (Phi) is 5.16. The normalized spacial score (nSPS) is 13.9. The maximum atomic E-state index is 12.7. The number of hydrogen-bond donors (Lipinski definition) is 0. The van der Waals surface area contributed by atoms with Crippen LogP contribution in [0, 0.1) is 6.92 Å². The first-order chi connectivity index (χ1) is 13.0. The zero-order chi connectivity index (χ0) is 19.6. The van der Waals surface area contributed by atoms with E-state index >= 15 is 0 Å². The fourth-order valence-corrected chi connectivity index (χ4v) is 2.75. The number of ketones is 1. The second-order valence-electron chi connectivity index (χ2n) is 5.94. The molecule has 0 radical (unpaired) electrons. The number of carbonyl (C=O) groups excluding carboxylic acids is 2. The van der Waals surface area contributed by atoms with Gasteiger partial charge in [0.05, 0.1) is 19.8 Å². The van der Waals surface area contributed by atoms with Crippen molar-refractivity contribution in [1.82, 2.24) is 0 Å². The van der Waals surface area contributed by atoms with E-state index in [1.54, 1.807) is 64.5 Å². The van der Waals surface area contributed by atoms with Crippen molar-refractivity contribution >= 4 is 17.8 Å². The highest BCUT2D eigenvalue weighted by Crippen LogP contribution is 2.40. The van der Waals surface area contributed by atoms with E-state index in [2.05, 4.69) is 0 Å². The van der Waals surface area contributed by atoms with Gasteiger partial charge in [0.2, 0.25) is 5.78 Å². The molecule has 3 rings (SSSR count).